The smallest absolute Gasteiger partial charge is 0.255 e. The Hall–Kier alpha value is -2.89. The summed E-state index contributed by atoms with van der Waals surface area (Å²) in [4.78, 5) is 42.4. The zero-order valence-electron chi connectivity index (χ0n) is 14.4. The van der Waals surface area contributed by atoms with E-state index in [-0.39, 0.29) is 23.3 Å². The molecule has 2 atom stereocenters. The molecule has 26 heavy (non-hydrogen) atoms. The van der Waals surface area contributed by atoms with Crippen LogP contribution in [0.4, 0.5) is 0 Å². The summed E-state index contributed by atoms with van der Waals surface area (Å²) >= 11 is 0. The first kappa shape index (κ1) is 16.6. The van der Waals surface area contributed by atoms with Crippen molar-refractivity contribution in [2.45, 2.75) is 12.3 Å². The monoisotopic (exact) mass is 351 g/mol. The van der Waals surface area contributed by atoms with Gasteiger partial charge < -0.3 is 14.8 Å². The number of carbonyl (C=O) groups excluding carboxylic acids is 2. The average molecular weight is 351 g/mol. The van der Waals surface area contributed by atoms with Crippen molar-refractivity contribution in [2.75, 3.05) is 26.2 Å². The number of piperazine rings is 1. The van der Waals surface area contributed by atoms with Crippen LogP contribution in [0.2, 0.25) is 0 Å². The van der Waals surface area contributed by atoms with E-state index in [0.29, 0.717) is 37.7 Å². The number of aromatic amines is 1. The molecule has 6 nitrogen and oxygen atoms in total. The summed E-state index contributed by atoms with van der Waals surface area (Å²) in [5.74, 6) is 0.514. The third-order valence-corrected chi connectivity index (χ3v) is 5.25. The largest absolute Gasteiger partial charge is 0.339 e. The van der Waals surface area contributed by atoms with Gasteiger partial charge in [-0.2, -0.15) is 0 Å². The molecule has 0 radical (unpaired) electrons. The van der Waals surface area contributed by atoms with Crippen molar-refractivity contribution in [1.29, 1.82) is 0 Å². The number of amides is 2. The van der Waals surface area contributed by atoms with Crippen LogP contribution < -0.4 is 5.56 Å². The molecule has 1 saturated heterocycles. The lowest BCUT2D eigenvalue weighted by atomic mass is 10.1. The molecule has 1 aliphatic carbocycles. The molecule has 4 rings (SSSR count). The highest BCUT2D eigenvalue weighted by molar-refractivity contribution is 5.94. The summed E-state index contributed by atoms with van der Waals surface area (Å²) in [5.41, 5.74) is 1.47. The summed E-state index contributed by atoms with van der Waals surface area (Å²) in [6.45, 7) is 2.16. The second-order valence-electron chi connectivity index (χ2n) is 6.92. The van der Waals surface area contributed by atoms with Crippen LogP contribution in [0.15, 0.2) is 53.5 Å². The molecule has 2 amide bonds. The van der Waals surface area contributed by atoms with Crippen molar-refractivity contribution in [2.24, 2.45) is 5.92 Å². The van der Waals surface area contributed by atoms with Crippen molar-refractivity contribution < 1.29 is 9.59 Å². The molecular formula is C20H21N3O3. The molecular weight excluding hydrogens is 330 g/mol. The number of benzene rings is 1. The summed E-state index contributed by atoms with van der Waals surface area (Å²) < 4.78 is 0. The van der Waals surface area contributed by atoms with Crippen LogP contribution >= 0.6 is 0 Å². The highest BCUT2D eigenvalue weighted by Crippen LogP contribution is 2.48. The Kier molecular flexibility index (Phi) is 4.32. The Bertz CT molecular complexity index is 849. The first-order chi connectivity index (χ1) is 12.6. The number of rotatable bonds is 3. The molecule has 1 aromatic heterocycles. The van der Waals surface area contributed by atoms with Crippen LogP contribution in [-0.2, 0) is 4.79 Å². The zero-order chi connectivity index (χ0) is 18.1. The molecule has 2 fully saturated rings. The zero-order valence-corrected chi connectivity index (χ0v) is 14.4. The molecule has 1 aromatic carbocycles. The van der Waals surface area contributed by atoms with Crippen molar-refractivity contribution in [1.82, 2.24) is 14.8 Å². The molecule has 134 valence electrons. The van der Waals surface area contributed by atoms with E-state index in [0.717, 1.165) is 6.42 Å². The Morgan fingerprint density at radius 2 is 1.62 bits per heavy atom. The second kappa shape index (κ2) is 6.78. The third kappa shape index (κ3) is 3.27. The maximum absolute atomic E-state index is 12.7. The van der Waals surface area contributed by atoms with Gasteiger partial charge in [-0.05, 0) is 24.0 Å². The number of pyridine rings is 1. The first-order valence-corrected chi connectivity index (χ1v) is 8.95. The molecule has 6 heteroatoms. The van der Waals surface area contributed by atoms with E-state index in [2.05, 4.69) is 17.1 Å². The number of aromatic nitrogens is 1. The molecule has 2 aromatic rings. The number of hydrogen-bond donors (Lipinski definition) is 1. The SMILES string of the molecule is O=C(c1ccc(=O)[nH]c1)N1CCN(C(=O)[C@H]2C[C@H]2c2ccccc2)CC1. The van der Waals surface area contributed by atoms with Crippen LogP contribution in [0, 0.1) is 5.92 Å². The third-order valence-electron chi connectivity index (χ3n) is 5.25. The van der Waals surface area contributed by atoms with Crippen LogP contribution in [0.3, 0.4) is 0 Å². The number of carbonyl (C=O) groups is 2. The lowest BCUT2D eigenvalue weighted by molar-refractivity contribution is -0.134. The number of H-pyrrole nitrogens is 1. The lowest BCUT2D eigenvalue weighted by Gasteiger charge is -2.35. The second-order valence-corrected chi connectivity index (χ2v) is 6.92. The standard InChI is InChI=1S/C20H21N3O3/c24-18-7-6-15(13-21-18)19(25)22-8-10-23(11-9-22)20(26)17-12-16(17)14-4-2-1-3-5-14/h1-7,13,16-17H,8-12H2,(H,21,24)/t16-,17-/m0/s1. The summed E-state index contributed by atoms with van der Waals surface area (Å²) in [7, 11) is 0. The van der Waals surface area contributed by atoms with Crippen molar-refractivity contribution in [3.63, 3.8) is 0 Å². The molecule has 2 heterocycles. The van der Waals surface area contributed by atoms with Crippen molar-refractivity contribution in [3.8, 4) is 0 Å². The molecule has 0 unspecified atom stereocenters. The molecule has 0 bridgehead atoms. The maximum atomic E-state index is 12.7. The van der Waals surface area contributed by atoms with E-state index in [1.54, 1.807) is 4.90 Å². The van der Waals surface area contributed by atoms with Crippen LogP contribution in [0.5, 0.6) is 0 Å². The summed E-state index contributed by atoms with van der Waals surface area (Å²) in [6, 6.07) is 13.1. The van der Waals surface area contributed by atoms with Gasteiger partial charge >= 0.3 is 0 Å². The Morgan fingerprint density at radius 1 is 0.923 bits per heavy atom. The minimum Gasteiger partial charge on any atom is -0.339 e. The first-order valence-electron chi connectivity index (χ1n) is 8.95. The minimum absolute atomic E-state index is 0.0823. The van der Waals surface area contributed by atoms with Crippen LogP contribution in [0.1, 0.15) is 28.3 Å². The quantitative estimate of drug-likeness (QED) is 0.910. The summed E-state index contributed by atoms with van der Waals surface area (Å²) in [6.07, 6.45) is 2.36. The van der Waals surface area contributed by atoms with E-state index in [4.69, 9.17) is 0 Å². The van der Waals surface area contributed by atoms with Gasteiger partial charge in [0.05, 0.1) is 5.56 Å². The van der Waals surface area contributed by atoms with Gasteiger partial charge in [0, 0.05) is 44.4 Å². The highest BCUT2D eigenvalue weighted by Gasteiger charge is 2.46. The predicted molar refractivity (Wildman–Crippen MR) is 96.8 cm³/mol. The number of nitrogens with one attached hydrogen (secondary N) is 1. The van der Waals surface area contributed by atoms with Gasteiger partial charge in [-0.3, -0.25) is 14.4 Å². The van der Waals surface area contributed by atoms with Gasteiger partial charge in [-0.1, -0.05) is 30.3 Å². The van der Waals surface area contributed by atoms with Gasteiger partial charge in [-0.15, -0.1) is 0 Å². The molecule has 1 aliphatic heterocycles. The summed E-state index contributed by atoms with van der Waals surface area (Å²) in [5, 5.41) is 0. The molecule has 2 aliphatic rings. The normalized spacial score (nSPS) is 22.2. The van der Waals surface area contributed by atoms with E-state index in [1.165, 1.54) is 23.9 Å². The molecule has 0 spiro atoms. The van der Waals surface area contributed by atoms with Gasteiger partial charge in [-0.25, -0.2) is 0 Å². The maximum Gasteiger partial charge on any atom is 0.255 e. The average Bonchev–Trinajstić information content (AvgIpc) is 3.49. The van der Waals surface area contributed by atoms with E-state index in [1.807, 2.05) is 23.1 Å². The fraction of sp³-hybridized carbons (Fsp3) is 0.350. The predicted octanol–water partition coefficient (Wildman–Crippen LogP) is 1.46. The topological polar surface area (TPSA) is 73.5 Å². The fourth-order valence-corrected chi connectivity index (χ4v) is 3.63. The lowest BCUT2D eigenvalue weighted by Crippen LogP contribution is -2.51. The van der Waals surface area contributed by atoms with E-state index < -0.39 is 0 Å². The highest BCUT2D eigenvalue weighted by atomic mass is 16.2. The molecule has 1 saturated carbocycles. The van der Waals surface area contributed by atoms with Gasteiger partial charge in [0.15, 0.2) is 0 Å². The number of hydrogen-bond acceptors (Lipinski definition) is 3. The number of nitrogens with zero attached hydrogens (tertiary/aromatic N) is 2. The van der Waals surface area contributed by atoms with Crippen molar-refractivity contribution in [3.05, 3.63) is 70.1 Å². The van der Waals surface area contributed by atoms with Gasteiger partial charge in [0.2, 0.25) is 11.5 Å². The Balaban J connectivity index is 1.32. The van der Waals surface area contributed by atoms with Crippen molar-refractivity contribution >= 4 is 11.8 Å². The molecule has 1 N–H and O–H groups in total. The van der Waals surface area contributed by atoms with Gasteiger partial charge in [0.1, 0.15) is 0 Å². The minimum atomic E-state index is -0.227. The Labute approximate surface area is 151 Å². The fourth-order valence-electron chi connectivity index (χ4n) is 3.63. The van der Waals surface area contributed by atoms with E-state index >= 15 is 0 Å². The van der Waals surface area contributed by atoms with Gasteiger partial charge in [0.25, 0.3) is 5.91 Å². The Morgan fingerprint density at radius 3 is 2.27 bits per heavy atom. The van der Waals surface area contributed by atoms with Crippen LogP contribution in [-0.4, -0.2) is 52.8 Å². The van der Waals surface area contributed by atoms with E-state index in [9.17, 15) is 14.4 Å². The van der Waals surface area contributed by atoms with Crippen LogP contribution in [0.25, 0.3) is 0 Å².